The quantitative estimate of drug-likeness (QED) is 0.628. The Balaban J connectivity index is 1.70. The number of nitrogens with one attached hydrogen (secondary N) is 1. The van der Waals surface area contributed by atoms with Crippen molar-refractivity contribution >= 4 is 17.3 Å². The number of hydrogen-bond donors (Lipinski definition) is 1. The van der Waals surface area contributed by atoms with Gasteiger partial charge in [0.05, 0.1) is 20.3 Å². The first-order valence-electron chi connectivity index (χ1n) is 9.81. The Morgan fingerprint density at radius 2 is 1.59 bits per heavy atom. The van der Waals surface area contributed by atoms with E-state index in [0.717, 1.165) is 40.7 Å². The van der Waals surface area contributed by atoms with Gasteiger partial charge in [-0.1, -0.05) is 48.0 Å². The molecule has 2 heterocycles. The monoisotopic (exact) mass is 406 g/mol. The highest BCUT2D eigenvalue weighted by Gasteiger charge is 2.40. The van der Waals surface area contributed by atoms with Crippen molar-refractivity contribution in [1.29, 1.82) is 0 Å². The van der Waals surface area contributed by atoms with Crippen LogP contribution in [0.25, 0.3) is 0 Å². The molecule has 2 aliphatic rings. The van der Waals surface area contributed by atoms with Gasteiger partial charge in [-0.15, -0.1) is 0 Å². The van der Waals surface area contributed by atoms with E-state index in [1.165, 1.54) is 16.7 Å². The fourth-order valence-electron chi connectivity index (χ4n) is 4.64. The number of para-hydroxylation sites is 1. The highest BCUT2D eigenvalue weighted by Crippen LogP contribution is 2.49. The third kappa shape index (κ3) is 2.95. The second-order valence-corrected chi connectivity index (χ2v) is 7.86. The van der Waals surface area contributed by atoms with Crippen molar-refractivity contribution in [2.24, 2.45) is 0 Å². The van der Waals surface area contributed by atoms with E-state index in [-0.39, 0.29) is 12.2 Å². The Morgan fingerprint density at radius 1 is 0.897 bits per heavy atom. The maximum atomic E-state index is 6.60. The van der Waals surface area contributed by atoms with E-state index < -0.39 is 0 Å². The van der Waals surface area contributed by atoms with Crippen molar-refractivity contribution in [2.45, 2.75) is 18.6 Å². The molecule has 4 nitrogen and oxygen atoms in total. The Hall–Kier alpha value is -2.69. The van der Waals surface area contributed by atoms with Crippen LogP contribution in [0, 0.1) is 0 Å². The minimum Gasteiger partial charge on any atom is -0.493 e. The van der Waals surface area contributed by atoms with Crippen molar-refractivity contribution in [1.82, 2.24) is 4.90 Å². The normalized spacial score (nSPS) is 20.1. The predicted molar refractivity (Wildman–Crippen MR) is 116 cm³/mol. The molecule has 1 N–H and O–H groups in total. The zero-order valence-electron chi connectivity index (χ0n) is 16.5. The fourth-order valence-corrected chi connectivity index (χ4v) is 4.88. The summed E-state index contributed by atoms with van der Waals surface area (Å²) in [6.07, 6.45) is 0.946. The van der Waals surface area contributed by atoms with Crippen LogP contribution >= 0.6 is 11.6 Å². The zero-order valence-corrected chi connectivity index (χ0v) is 17.2. The SMILES string of the molecule is COc1cc2c(cc1OC)[C@H]1c3ccccc3N[C@@H](c3ccccc3Cl)N1CC2. The number of ether oxygens (including phenoxy) is 2. The molecule has 0 radical (unpaired) electrons. The summed E-state index contributed by atoms with van der Waals surface area (Å²) in [5, 5.41) is 4.50. The zero-order chi connectivity index (χ0) is 20.0. The largest absolute Gasteiger partial charge is 0.493 e. The van der Waals surface area contributed by atoms with Gasteiger partial charge in [0.2, 0.25) is 0 Å². The van der Waals surface area contributed by atoms with Crippen LogP contribution in [0.5, 0.6) is 11.5 Å². The predicted octanol–water partition coefficient (Wildman–Crippen LogP) is 5.43. The average molecular weight is 407 g/mol. The van der Waals surface area contributed by atoms with Crippen LogP contribution in [-0.2, 0) is 6.42 Å². The molecule has 0 bridgehead atoms. The molecule has 0 aliphatic carbocycles. The van der Waals surface area contributed by atoms with Gasteiger partial charge in [0.15, 0.2) is 11.5 Å². The summed E-state index contributed by atoms with van der Waals surface area (Å²) >= 11 is 6.60. The highest BCUT2D eigenvalue weighted by molar-refractivity contribution is 6.31. The molecule has 5 rings (SSSR count). The summed E-state index contributed by atoms with van der Waals surface area (Å²) < 4.78 is 11.2. The molecule has 0 saturated carbocycles. The standard InChI is InChI=1S/C24H23ClN2O2/c1-28-21-13-15-11-12-27-23(18(15)14-22(21)29-2)17-8-4-6-10-20(17)26-24(27)16-7-3-5-9-19(16)25/h3-10,13-14,23-24,26H,11-12H2,1-2H3/t23-,24-/m1/s1. The van der Waals surface area contributed by atoms with E-state index in [1.54, 1.807) is 14.2 Å². The van der Waals surface area contributed by atoms with Crippen molar-refractivity contribution in [3.05, 3.63) is 87.9 Å². The number of methoxy groups -OCH3 is 2. The van der Waals surface area contributed by atoms with Crippen LogP contribution in [0.3, 0.4) is 0 Å². The number of benzene rings is 3. The Bertz CT molecular complexity index is 1070. The molecule has 0 fully saturated rings. The first kappa shape index (κ1) is 18.3. The lowest BCUT2D eigenvalue weighted by Crippen LogP contribution is -2.45. The topological polar surface area (TPSA) is 33.7 Å². The first-order valence-corrected chi connectivity index (χ1v) is 10.2. The highest BCUT2D eigenvalue weighted by atomic mass is 35.5. The summed E-state index contributed by atoms with van der Waals surface area (Å²) in [5.41, 5.74) is 6.07. The summed E-state index contributed by atoms with van der Waals surface area (Å²) in [5.74, 6) is 1.54. The Morgan fingerprint density at radius 3 is 2.34 bits per heavy atom. The van der Waals surface area contributed by atoms with Crippen LogP contribution in [0.2, 0.25) is 5.02 Å². The van der Waals surface area contributed by atoms with E-state index in [4.69, 9.17) is 21.1 Å². The van der Waals surface area contributed by atoms with Crippen LogP contribution in [0.4, 0.5) is 5.69 Å². The second-order valence-electron chi connectivity index (χ2n) is 7.45. The van der Waals surface area contributed by atoms with E-state index in [2.05, 4.69) is 52.7 Å². The van der Waals surface area contributed by atoms with Crippen LogP contribution in [-0.4, -0.2) is 25.7 Å². The van der Waals surface area contributed by atoms with Gasteiger partial charge in [0.1, 0.15) is 6.17 Å². The molecule has 3 aromatic rings. The number of anilines is 1. The molecule has 0 amide bonds. The number of rotatable bonds is 3. The third-order valence-electron chi connectivity index (χ3n) is 5.99. The number of halogens is 1. The summed E-state index contributed by atoms with van der Waals surface area (Å²) in [6.45, 7) is 0.921. The van der Waals surface area contributed by atoms with Crippen LogP contribution in [0.1, 0.15) is 34.5 Å². The molecule has 0 aromatic heterocycles. The maximum Gasteiger partial charge on any atom is 0.161 e. The van der Waals surface area contributed by atoms with E-state index in [9.17, 15) is 0 Å². The minimum atomic E-state index is 0.00449. The Labute approximate surface area is 176 Å². The molecule has 2 atom stereocenters. The van der Waals surface area contributed by atoms with Crippen LogP contribution in [0.15, 0.2) is 60.7 Å². The van der Waals surface area contributed by atoms with Crippen molar-refractivity contribution in [3.63, 3.8) is 0 Å². The smallest absolute Gasteiger partial charge is 0.161 e. The van der Waals surface area contributed by atoms with Crippen molar-refractivity contribution in [2.75, 3.05) is 26.1 Å². The molecule has 148 valence electrons. The molecule has 5 heteroatoms. The minimum absolute atomic E-state index is 0.00449. The molecule has 29 heavy (non-hydrogen) atoms. The van der Waals surface area contributed by atoms with Crippen LogP contribution < -0.4 is 14.8 Å². The summed E-state index contributed by atoms with van der Waals surface area (Å²) in [7, 11) is 3.38. The van der Waals surface area contributed by atoms with Gasteiger partial charge in [-0.25, -0.2) is 0 Å². The molecule has 0 unspecified atom stereocenters. The summed E-state index contributed by atoms with van der Waals surface area (Å²) in [4.78, 5) is 2.50. The molecular formula is C24H23ClN2O2. The molecule has 3 aromatic carbocycles. The van der Waals surface area contributed by atoms with Gasteiger partial charge < -0.3 is 14.8 Å². The van der Waals surface area contributed by atoms with E-state index >= 15 is 0 Å². The molecule has 2 aliphatic heterocycles. The van der Waals surface area contributed by atoms with E-state index in [1.807, 2.05) is 18.2 Å². The third-order valence-corrected chi connectivity index (χ3v) is 6.33. The van der Waals surface area contributed by atoms with Gasteiger partial charge in [0, 0.05) is 22.8 Å². The number of fused-ring (bicyclic) bond motifs is 5. The lowest BCUT2D eigenvalue weighted by atomic mass is 9.84. The Kier molecular flexibility index (Phi) is 4.61. The molecule has 0 saturated heterocycles. The van der Waals surface area contributed by atoms with Gasteiger partial charge in [-0.3, -0.25) is 4.90 Å². The molecular weight excluding hydrogens is 384 g/mol. The second kappa shape index (κ2) is 7.29. The maximum absolute atomic E-state index is 6.60. The van der Waals surface area contributed by atoms with E-state index in [0.29, 0.717) is 0 Å². The average Bonchev–Trinajstić information content (AvgIpc) is 2.77. The first-order chi connectivity index (χ1) is 14.2. The van der Waals surface area contributed by atoms with Gasteiger partial charge in [-0.2, -0.15) is 0 Å². The van der Waals surface area contributed by atoms with Gasteiger partial charge >= 0.3 is 0 Å². The van der Waals surface area contributed by atoms with Gasteiger partial charge in [0.25, 0.3) is 0 Å². The van der Waals surface area contributed by atoms with Crippen molar-refractivity contribution < 1.29 is 9.47 Å². The summed E-state index contributed by atoms with van der Waals surface area (Å²) in [6, 6.07) is 21.0. The number of nitrogens with zero attached hydrogens (tertiary/aromatic N) is 1. The number of hydrogen-bond acceptors (Lipinski definition) is 4. The fraction of sp³-hybridized carbons (Fsp3) is 0.250. The van der Waals surface area contributed by atoms with Crippen molar-refractivity contribution in [3.8, 4) is 11.5 Å². The lowest BCUT2D eigenvalue weighted by molar-refractivity contribution is 0.153. The lowest BCUT2D eigenvalue weighted by Gasteiger charge is -2.47. The molecule has 0 spiro atoms. The van der Waals surface area contributed by atoms with Gasteiger partial charge in [-0.05, 0) is 47.4 Å².